The van der Waals surface area contributed by atoms with E-state index >= 15 is 0 Å². The molecule has 0 bridgehead atoms. The third-order valence-corrected chi connectivity index (χ3v) is 5.67. The van der Waals surface area contributed by atoms with E-state index in [2.05, 4.69) is 72.8 Å². The largest absolute Gasteiger partial charge is 0.457 e. The third kappa shape index (κ3) is 3.13. The Hall–Kier alpha value is -2.97. The first-order chi connectivity index (χ1) is 13.4. The Morgan fingerprint density at radius 3 is 1.63 bits per heavy atom. The Labute approximate surface area is 163 Å². The normalized spacial score (nSPS) is 12.7. The Bertz CT molecular complexity index is 1030. The van der Waals surface area contributed by atoms with Gasteiger partial charge in [-0.05, 0) is 42.0 Å². The molecule has 2 heteroatoms. The number of rotatable bonds is 3. The molecule has 0 unspecified atom stereocenters. The third-order valence-electron chi connectivity index (χ3n) is 4.65. The smallest absolute Gasteiger partial charge is 0.131 e. The van der Waals surface area contributed by atoms with Crippen molar-refractivity contribution >= 4 is 11.8 Å². The second-order valence-corrected chi connectivity index (χ2v) is 7.56. The van der Waals surface area contributed by atoms with Crippen LogP contribution in [0, 0.1) is 5.92 Å². The van der Waals surface area contributed by atoms with Crippen molar-refractivity contribution in [1.82, 2.24) is 0 Å². The maximum atomic E-state index is 6.11. The Morgan fingerprint density at radius 2 is 1.00 bits per heavy atom. The van der Waals surface area contributed by atoms with Gasteiger partial charge in [0.2, 0.25) is 0 Å². The highest BCUT2D eigenvalue weighted by Crippen LogP contribution is 2.46. The van der Waals surface area contributed by atoms with Crippen LogP contribution in [-0.4, -0.2) is 0 Å². The van der Waals surface area contributed by atoms with Gasteiger partial charge in [0.15, 0.2) is 0 Å². The molecule has 0 amide bonds. The van der Waals surface area contributed by atoms with Crippen LogP contribution >= 0.6 is 11.8 Å². The fraction of sp³-hybridized carbons (Fsp3) is 0. The fourth-order valence-electron chi connectivity index (χ4n) is 3.41. The molecule has 0 aromatic heterocycles. The van der Waals surface area contributed by atoms with Gasteiger partial charge < -0.3 is 4.74 Å². The average Bonchev–Trinajstić information content (AvgIpc) is 2.73. The molecule has 0 atom stereocenters. The van der Waals surface area contributed by atoms with Crippen molar-refractivity contribution in [1.29, 1.82) is 0 Å². The van der Waals surface area contributed by atoms with Crippen molar-refractivity contribution in [2.75, 3.05) is 0 Å². The summed E-state index contributed by atoms with van der Waals surface area (Å²) in [6.45, 7) is 0. The van der Waals surface area contributed by atoms with Gasteiger partial charge in [0.05, 0.1) is 5.92 Å². The first kappa shape index (κ1) is 16.2. The summed E-state index contributed by atoms with van der Waals surface area (Å²) < 4.78 is 6.11. The van der Waals surface area contributed by atoms with Gasteiger partial charge in [-0.15, -0.1) is 0 Å². The molecule has 0 saturated heterocycles. The molecule has 4 aromatic rings. The second-order valence-electron chi connectivity index (χ2n) is 6.41. The summed E-state index contributed by atoms with van der Waals surface area (Å²) in [6.07, 6.45) is 0. The topological polar surface area (TPSA) is 9.23 Å². The van der Waals surface area contributed by atoms with E-state index in [4.69, 9.17) is 4.74 Å². The van der Waals surface area contributed by atoms with Crippen molar-refractivity contribution in [3.05, 3.63) is 126 Å². The highest BCUT2D eigenvalue weighted by Gasteiger charge is 2.28. The number of benzene rings is 4. The van der Waals surface area contributed by atoms with E-state index in [1.54, 1.807) is 11.8 Å². The Balaban J connectivity index is 1.53. The zero-order chi connectivity index (χ0) is 18.1. The van der Waals surface area contributed by atoms with Crippen molar-refractivity contribution in [3.63, 3.8) is 0 Å². The van der Waals surface area contributed by atoms with Crippen LogP contribution in [0.3, 0.4) is 0 Å². The molecule has 1 aliphatic rings. The summed E-state index contributed by atoms with van der Waals surface area (Å²) >= 11 is 1.78. The van der Waals surface area contributed by atoms with Crippen molar-refractivity contribution < 1.29 is 4.74 Å². The molecule has 0 N–H and O–H groups in total. The summed E-state index contributed by atoms with van der Waals surface area (Å²) in [6, 6.07) is 35.8. The van der Waals surface area contributed by atoms with Crippen LogP contribution in [0.15, 0.2) is 113 Å². The minimum absolute atomic E-state index is 0.911. The minimum atomic E-state index is 0.911. The van der Waals surface area contributed by atoms with E-state index in [1.165, 1.54) is 21.3 Å². The molecule has 1 nitrogen and oxygen atoms in total. The lowest BCUT2D eigenvalue weighted by molar-refractivity contribution is 0.465. The number of fused-ring (bicyclic) bond motifs is 2. The molecule has 0 spiro atoms. The number of hydrogen-bond donors (Lipinski definition) is 0. The molecular weight excluding hydrogens is 348 g/mol. The van der Waals surface area contributed by atoms with E-state index in [9.17, 15) is 0 Å². The van der Waals surface area contributed by atoms with Crippen LogP contribution < -0.4 is 4.74 Å². The van der Waals surface area contributed by atoms with Crippen molar-refractivity contribution in [2.24, 2.45) is 0 Å². The highest BCUT2D eigenvalue weighted by molar-refractivity contribution is 7.99. The highest BCUT2D eigenvalue weighted by atomic mass is 32.2. The van der Waals surface area contributed by atoms with Gasteiger partial charge in [0, 0.05) is 20.9 Å². The average molecular weight is 365 g/mol. The number of para-hydroxylation sites is 2. The first-order valence-corrected chi connectivity index (χ1v) is 9.77. The van der Waals surface area contributed by atoms with Crippen LogP contribution in [-0.2, 0) is 0 Å². The lowest BCUT2D eigenvalue weighted by Crippen LogP contribution is -2.12. The molecule has 27 heavy (non-hydrogen) atoms. The van der Waals surface area contributed by atoms with Crippen LogP contribution in [0.2, 0.25) is 0 Å². The molecule has 1 aliphatic heterocycles. The van der Waals surface area contributed by atoms with Crippen LogP contribution in [0.25, 0.3) is 0 Å². The van der Waals surface area contributed by atoms with Crippen molar-refractivity contribution in [2.45, 2.75) is 9.79 Å². The molecule has 129 valence electrons. The fourth-order valence-corrected chi connectivity index (χ4v) is 4.25. The van der Waals surface area contributed by atoms with E-state index in [1.807, 2.05) is 30.3 Å². The van der Waals surface area contributed by atoms with Gasteiger partial charge in [-0.3, -0.25) is 0 Å². The first-order valence-electron chi connectivity index (χ1n) is 8.95. The molecule has 0 saturated carbocycles. The Morgan fingerprint density at radius 1 is 0.481 bits per heavy atom. The second kappa shape index (κ2) is 6.98. The molecule has 4 aromatic carbocycles. The lowest BCUT2D eigenvalue weighted by Gasteiger charge is -2.28. The van der Waals surface area contributed by atoms with Gasteiger partial charge in [0.1, 0.15) is 11.5 Å². The van der Waals surface area contributed by atoms with E-state index < -0.39 is 0 Å². The van der Waals surface area contributed by atoms with E-state index in [-0.39, 0.29) is 0 Å². The predicted octanol–water partition coefficient (Wildman–Crippen LogP) is 6.96. The van der Waals surface area contributed by atoms with Gasteiger partial charge in [0.25, 0.3) is 0 Å². The zero-order valence-corrected chi connectivity index (χ0v) is 15.4. The molecular formula is C25H17OS. The standard InChI is InChI=1S/C25H17OS/c1-2-8-19(9-3-1)27-20-16-14-18(15-17-20)25-21-10-4-6-12-23(21)26-24-13-7-5-11-22(24)25/h1-17H. The molecule has 5 rings (SSSR count). The Kier molecular flexibility index (Phi) is 4.19. The predicted molar refractivity (Wildman–Crippen MR) is 111 cm³/mol. The molecule has 1 radical (unpaired) electrons. The monoisotopic (exact) mass is 365 g/mol. The molecule has 1 heterocycles. The van der Waals surface area contributed by atoms with Gasteiger partial charge >= 0.3 is 0 Å². The van der Waals surface area contributed by atoms with Crippen LogP contribution in [0.4, 0.5) is 0 Å². The maximum Gasteiger partial charge on any atom is 0.131 e. The summed E-state index contributed by atoms with van der Waals surface area (Å²) in [4.78, 5) is 2.49. The van der Waals surface area contributed by atoms with E-state index in [0.717, 1.165) is 22.6 Å². The minimum Gasteiger partial charge on any atom is -0.457 e. The number of hydrogen-bond acceptors (Lipinski definition) is 2. The van der Waals surface area contributed by atoms with E-state index in [0.29, 0.717) is 0 Å². The quantitative estimate of drug-likeness (QED) is 0.342. The number of ether oxygens (including phenoxy) is 1. The summed E-state index contributed by atoms with van der Waals surface area (Å²) in [5.74, 6) is 3.05. The summed E-state index contributed by atoms with van der Waals surface area (Å²) in [5, 5.41) is 0. The molecule has 0 aliphatic carbocycles. The molecule has 0 fully saturated rings. The van der Waals surface area contributed by atoms with Crippen LogP contribution in [0.1, 0.15) is 16.7 Å². The SMILES string of the molecule is c1ccc(Sc2ccc([C]3c4ccccc4Oc4ccccc43)cc2)cc1. The zero-order valence-electron chi connectivity index (χ0n) is 14.6. The van der Waals surface area contributed by atoms with Gasteiger partial charge in [-0.2, -0.15) is 0 Å². The van der Waals surface area contributed by atoms with Crippen LogP contribution in [0.5, 0.6) is 11.5 Å². The lowest BCUT2D eigenvalue weighted by atomic mass is 9.83. The van der Waals surface area contributed by atoms with Gasteiger partial charge in [-0.1, -0.05) is 78.5 Å². The maximum absolute atomic E-state index is 6.11. The van der Waals surface area contributed by atoms with Crippen molar-refractivity contribution in [3.8, 4) is 11.5 Å². The van der Waals surface area contributed by atoms with Gasteiger partial charge in [-0.25, -0.2) is 0 Å². The summed E-state index contributed by atoms with van der Waals surface area (Å²) in [5.41, 5.74) is 3.48. The summed E-state index contributed by atoms with van der Waals surface area (Å²) in [7, 11) is 0.